The number of aromatic nitrogens is 4. The molecule has 2 rings (SSSR count). The van der Waals surface area contributed by atoms with Gasteiger partial charge in [-0.2, -0.15) is 9.97 Å². The fourth-order valence-corrected chi connectivity index (χ4v) is 1.92. The van der Waals surface area contributed by atoms with Gasteiger partial charge in [0.15, 0.2) is 0 Å². The van der Waals surface area contributed by atoms with E-state index in [-0.39, 0.29) is 5.28 Å². The number of thiazole rings is 1. The number of rotatable bonds is 3. The second-order valence-corrected chi connectivity index (χ2v) is 4.63. The molecule has 2 heterocycles. The van der Waals surface area contributed by atoms with Gasteiger partial charge in [0.25, 0.3) is 0 Å². The van der Waals surface area contributed by atoms with Gasteiger partial charge in [-0.15, -0.1) is 11.3 Å². The van der Waals surface area contributed by atoms with Crippen molar-refractivity contribution >= 4 is 28.9 Å². The quantitative estimate of drug-likeness (QED) is 0.835. The zero-order valence-electron chi connectivity index (χ0n) is 8.88. The van der Waals surface area contributed by atoms with Crippen LogP contribution in [0.3, 0.4) is 0 Å². The average Bonchev–Trinajstić information content (AvgIpc) is 2.69. The van der Waals surface area contributed by atoms with Gasteiger partial charge in [0.05, 0.1) is 6.42 Å². The lowest BCUT2D eigenvalue weighted by atomic mass is 10.4. The van der Waals surface area contributed by atoms with E-state index in [2.05, 4.69) is 19.9 Å². The predicted octanol–water partition coefficient (Wildman–Crippen LogP) is 1.64. The molecule has 0 saturated heterocycles. The van der Waals surface area contributed by atoms with Crippen LogP contribution in [0.2, 0.25) is 5.28 Å². The van der Waals surface area contributed by atoms with Gasteiger partial charge in [-0.3, -0.25) is 0 Å². The zero-order chi connectivity index (χ0) is 11.5. The number of halogens is 1. The Morgan fingerprint density at radius 3 is 2.75 bits per heavy atom. The molecule has 0 N–H and O–H groups in total. The summed E-state index contributed by atoms with van der Waals surface area (Å²) in [5, 5.41) is 3.10. The summed E-state index contributed by atoms with van der Waals surface area (Å²) in [7, 11) is 3.72. The van der Waals surface area contributed by atoms with Crippen LogP contribution in [0, 0.1) is 0 Å². The number of nitrogens with zero attached hydrogens (tertiary/aromatic N) is 5. The lowest BCUT2D eigenvalue weighted by Crippen LogP contribution is -2.15. The van der Waals surface area contributed by atoms with Crippen LogP contribution < -0.4 is 4.90 Å². The standard InChI is InChI=1S/C9H10ClN5S/c1-15(2)9-13-6(12-8(10)14-9)5-7-11-3-4-16-7/h3-4H,5H2,1-2H3. The van der Waals surface area contributed by atoms with Gasteiger partial charge < -0.3 is 4.90 Å². The van der Waals surface area contributed by atoms with Crippen molar-refractivity contribution in [1.29, 1.82) is 0 Å². The van der Waals surface area contributed by atoms with E-state index in [1.807, 2.05) is 19.5 Å². The minimum absolute atomic E-state index is 0.213. The molecule has 84 valence electrons. The molecule has 0 saturated carbocycles. The molecule has 0 radical (unpaired) electrons. The summed E-state index contributed by atoms with van der Waals surface area (Å²) in [6, 6.07) is 0. The van der Waals surface area contributed by atoms with Crippen molar-refractivity contribution in [1.82, 2.24) is 19.9 Å². The van der Waals surface area contributed by atoms with Crippen LogP contribution in [0.4, 0.5) is 5.95 Å². The maximum absolute atomic E-state index is 5.83. The molecule has 0 spiro atoms. The van der Waals surface area contributed by atoms with Crippen LogP contribution in [0.15, 0.2) is 11.6 Å². The van der Waals surface area contributed by atoms with Gasteiger partial charge in [-0.1, -0.05) is 0 Å². The van der Waals surface area contributed by atoms with Crippen molar-refractivity contribution in [3.8, 4) is 0 Å². The Morgan fingerprint density at radius 2 is 2.12 bits per heavy atom. The van der Waals surface area contributed by atoms with Crippen molar-refractivity contribution in [3.63, 3.8) is 0 Å². The van der Waals surface area contributed by atoms with Gasteiger partial charge in [-0.25, -0.2) is 9.97 Å². The molecule has 2 aromatic rings. The van der Waals surface area contributed by atoms with E-state index in [1.54, 1.807) is 22.4 Å². The van der Waals surface area contributed by atoms with E-state index < -0.39 is 0 Å². The third kappa shape index (κ3) is 2.65. The van der Waals surface area contributed by atoms with E-state index >= 15 is 0 Å². The van der Waals surface area contributed by atoms with Gasteiger partial charge in [-0.05, 0) is 11.6 Å². The van der Waals surface area contributed by atoms with Crippen molar-refractivity contribution in [3.05, 3.63) is 27.7 Å². The Balaban J connectivity index is 2.27. The molecule has 0 bridgehead atoms. The molecular formula is C9H10ClN5S. The smallest absolute Gasteiger partial charge is 0.229 e. The molecule has 2 aromatic heterocycles. The van der Waals surface area contributed by atoms with Crippen molar-refractivity contribution in [2.75, 3.05) is 19.0 Å². The summed E-state index contributed by atoms with van der Waals surface area (Å²) < 4.78 is 0. The third-order valence-corrected chi connectivity index (χ3v) is 2.78. The van der Waals surface area contributed by atoms with Crippen molar-refractivity contribution in [2.24, 2.45) is 0 Å². The first-order chi connectivity index (χ1) is 7.65. The van der Waals surface area contributed by atoms with E-state index in [9.17, 15) is 0 Å². The van der Waals surface area contributed by atoms with Crippen molar-refractivity contribution in [2.45, 2.75) is 6.42 Å². The van der Waals surface area contributed by atoms with Gasteiger partial charge in [0, 0.05) is 25.7 Å². The summed E-state index contributed by atoms with van der Waals surface area (Å²) in [6.45, 7) is 0. The largest absolute Gasteiger partial charge is 0.347 e. The Hall–Kier alpha value is -1.27. The van der Waals surface area contributed by atoms with E-state index in [0.717, 1.165) is 5.01 Å². The van der Waals surface area contributed by atoms with Crippen LogP contribution in [-0.2, 0) is 6.42 Å². The average molecular weight is 256 g/mol. The Morgan fingerprint density at radius 1 is 1.31 bits per heavy atom. The van der Waals surface area contributed by atoms with Gasteiger partial charge in [0.1, 0.15) is 10.8 Å². The first-order valence-corrected chi connectivity index (χ1v) is 5.87. The lowest BCUT2D eigenvalue weighted by molar-refractivity contribution is 0.879. The SMILES string of the molecule is CN(C)c1nc(Cl)nc(Cc2nccs2)n1. The van der Waals surface area contributed by atoms with Crippen LogP contribution in [-0.4, -0.2) is 34.0 Å². The summed E-state index contributed by atoms with van der Waals surface area (Å²) in [6.07, 6.45) is 2.34. The molecule has 5 nitrogen and oxygen atoms in total. The Kier molecular flexibility index (Phi) is 3.31. The molecule has 0 unspecified atom stereocenters. The van der Waals surface area contributed by atoms with Crippen LogP contribution in [0.1, 0.15) is 10.8 Å². The molecule has 0 atom stereocenters. The summed E-state index contributed by atoms with van der Waals surface area (Å²) in [4.78, 5) is 18.4. The highest BCUT2D eigenvalue weighted by molar-refractivity contribution is 7.09. The summed E-state index contributed by atoms with van der Waals surface area (Å²) in [5.74, 6) is 1.20. The normalized spacial score (nSPS) is 10.4. The van der Waals surface area contributed by atoms with Crippen LogP contribution in [0.25, 0.3) is 0 Å². The zero-order valence-corrected chi connectivity index (χ0v) is 10.5. The van der Waals surface area contributed by atoms with E-state index in [4.69, 9.17) is 11.6 Å². The summed E-state index contributed by atoms with van der Waals surface area (Å²) >= 11 is 7.40. The van der Waals surface area contributed by atoms with Gasteiger partial charge >= 0.3 is 0 Å². The van der Waals surface area contributed by atoms with Crippen LogP contribution >= 0.6 is 22.9 Å². The third-order valence-electron chi connectivity index (χ3n) is 1.84. The first kappa shape index (κ1) is 11.2. The van der Waals surface area contributed by atoms with Crippen LogP contribution in [0.5, 0.6) is 0 Å². The monoisotopic (exact) mass is 255 g/mol. The molecule has 16 heavy (non-hydrogen) atoms. The second-order valence-electron chi connectivity index (χ2n) is 3.32. The molecule has 0 aliphatic carbocycles. The van der Waals surface area contributed by atoms with E-state index in [0.29, 0.717) is 18.2 Å². The lowest BCUT2D eigenvalue weighted by Gasteiger charge is -2.10. The fraction of sp³-hybridized carbons (Fsp3) is 0.333. The maximum Gasteiger partial charge on any atom is 0.229 e. The minimum atomic E-state index is 0.213. The predicted molar refractivity (Wildman–Crippen MR) is 64.1 cm³/mol. The molecule has 0 amide bonds. The number of anilines is 1. The number of hydrogen-bond donors (Lipinski definition) is 0. The number of hydrogen-bond acceptors (Lipinski definition) is 6. The fourth-order valence-electron chi connectivity index (χ4n) is 1.13. The highest BCUT2D eigenvalue weighted by Crippen LogP contribution is 2.13. The molecule has 0 aliphatic rings. The highest BCUT2D eigenvalue weighted by Gasteiger charge is 2.08. The highest BCUT2D eigenvalue weighted by atomic mass is 35.5. The molecule has 7 heteroatoms. The van der Waals surface area contributed by atoms with Crippen molar-refractivity contribution < 1.29 is 0 Å². The topological polar surface area (TPSA) is 54.8 Å². The Bertz CT molecular complexity index is 471. The van der Waals surface area contributed by atoms with E-state index in [1.165, 1.54) is 0 Å². The first-order valence-electron chi connectivity index (χ1n) is 4.61. The molecule has 0 fully saturated rings. The maximum atomic E-state index is 5.83. The molecular weight excluding hydrogens is 246 g/mol. The minimum Gasteiger partial charge on any atom is -0.347 e. The Labute approximate surface area is 102 Å². The summed E-state index contributed by atoms with van der Waals surface area (Å²) in [5.41, 5.74) is 0. The second kappa shape index (κ2) is 4.71. The molecule has 0 aliphatic heterocycles. The van der Waals surface area contributed by atoms with Gasteiger partial charge in [0.2, 0.25) is 11.2 Å². The molecule has 0 aromatic carbocycles.